The number of benzene rings is 10. The Morgan fingerprint density at radius 1 is 0.279 bits per heavy atom. The van der Waals surface area contributed by atoms with Crippen molar-refractivity contribution >= 4 is 17.1 Å². The maximum atomic E-state index is 2.57. The average molecular weight is 870 g/mol. The standard InChI is InChI=1S/C67H51N/c1-65(2)56-34-16-12-30-53(56)63-52(32-20-36-58(63)65)51-29-14-18-38-61(51)68(48-27-19-22-44(42-48)45-40-41-50-49-28-11-15-33-55(49)66(3,4)60(50)43-45)62-39-21-37-59-64(62)54-31-13-17-35-57(54)67(59,46-23-7-5-8-24-46)47-25-9-6-10-26-47/h5-43H,1-4H3. The number of rotatable bonds is 7. The zero-order valence-electron chi connectivity index (χ0n) is 39.0. The largest absolute Gasteiger partial charge is 0.309 e. The van der Waals surface area contributed by atoms with Crippen molar-refractivity contribution in [2.45, 2.75) is 43.9 Å². The molecule has 0 aromatic heterocycles. The van der Waals surface area contributed by atoms with Gasteiger partial charge in [0.15, 0.2) is 0 Å². The van der Waals surface area contributed by atoms with Crippen molar-refractivity contribution in [1.82, 2.24) is 0 Å². The molecule has 0 spiro atoms. The van der Waals surface area contributed by atoms with Gasteiger partial charge in [0.1, 0.15) is 0 Å². The maximum Gasteiger partial charge on any atom is 0.0714 e. The molecule has 0 amide bonds. The number of hydrogen-bond donors (Lipinski definition) is 0. The van der Waals surface area contributed by atoms with Gasteiger partial charge in [-0.2, -0.15) is 0 Å². The molecule has 1 nitrogen and oxygen atoms in total. The first-order valence-electron chi connectivity index (χ1n) is 24.1. The Hall–Kier alpha value is -8.00. The molecule has 0 fully saturated rings. The minimum atomic E-state index is -0.540. The summed E-state index contributed by atoms with van der Waals surface area (Å²) in [5.41, 5.74) is 25.9. The Kier molecular flexibility index (Phi) is 8.89. The van der Waals surface area contributed by atoms with E-state index in [9.17, 15) is 0 Å². The number of para-hydroxylation sites is 1. The molecule has 0 atom stereocenters. The summed E-state index contributed by atoms with van der Waals surface area (Å²) in [6.45, 7) is 9.49. The summed E-state index contributed by atoms with van der Waals surface area (Å²) in [6, 6.07) is 88.8. The van der Waals surface area contributed by atoms with Crippen LogP contribution in [0.15, 0.2) is 237 Å². The molecule has 0 saturated carbocycles. The van der Waals surface area contributed by atoms with Crippen molar-refractivity contribution in [3.05, 3.63) is 281 Å². The lowest BCUT2D eigenvalue weighted by Crippen LogP contribution is -2.28. The summed E-state index contributed by atoms with van der Waals surface area (Å²) >= 11 is 0. The van der Waals surface area contributed by atoms with Gasteiger partial charge in [0.25, 0.3) is 0 Å². The van der Waals surface area contributed by atoms with Crippen molar-refractivity contribution < 1.29 is 0 Å². The molecule has 10 aromatic rings. The van der Waals surface area contributed by atoms with Crippen LogP contribution in [0, 0.1) is 0 Å². The summed E-state index contributed by atoms with van der Waals surface area (Å²) in [5, 5.41) is 0. The molecule has 1 heteroatoms. The van der Waals surface area contributed by atoms with Crippen molar-refractivity contribution in [3.63, 3.8) is 0 Å². The Balaban J connectivity index is 1.08. The first-order chi connectivity index (χ1) is 33.3. The van der Waals surface area contributed by atoms with Gasteiger partial charge in [-0.15, -0.1) is 0 Å². The van der Waals surface area contributed by atoms with E-state index in [-0.39, 0.29) is 10.8 Å². The highest BCUT2D eigenvalue weighted by Gasteiger charge is 2.47. The minimum Gasteiger partial charge on any atom is -0.309 e. The van der Waals surface area contributed by atoms with Gasteiger partial charge in [-0.25, -0.2) is 0 Å². The van der Waals surface area contributed by atoms with Crippen LogP contribution in [-0.4, -0.2) is 0 Å². The highest BCUT2D eigenvalue weighted by Crippen LogP contribution is 2.61. The van der Waals surface area contributed by atoms with Gasteiger partial charge < -0.3 is 4.90 Å². The maximum absolute atomic E-state index is 2.57. The van der Waals surface area contributed by atoms with E-state index in [4.69, 9.17) is 0 Å². The van der Waals surface area contributed by atoms with E-state index >= 15 is 0 Å². The van der Waals surface area contributed by atoms with Crippen LogP contribution >= 0.6 is 0 Å². The number of nitrogens with zero attached hydrogens (tertiary/aromatic N) is 1. The average Bonchev–Trinajstić information content (AvgIpc) is 3.92. The third-order valence-corrected chi connectivity index (χ3v) is 15.8. The SMILES string of the molecule is CC1(C)c2ccccc2-c2ccc(-c3cccc(N(c4ccccc4-c4cccc5c4-c4ccccc4C5(C)C)c4cccc5c4-c4ccccc4C5(c4ccccc4)c4ccccc4)c3)cc21. The minimum absolute atomic E-state index is 0.102. The van der Waals surface area contributed by atoms with Crippen LogP contribution in [0.5, 0.6) is 0 Å². The zero-order valence-corrected chi connectivity index (χ0v) is 39.0. The van der Waals surface area contributed by atoms with Gasteiger partial charge in [-0.05, 0) is 119 Å². The van der Waals surface area contributed by atoms with Crippen LogP contribution in [0.4, 0.5) is 17.1 Å². The highest BCUT2D eigenvalue weighted by molar-refractivity contribution is 6.02. The third kappa shape index (κ3) is 5.63. The summed E-state index contributed by atoms with van der Waals surface area (Å²) in [6.07, 6.45) is 0. The highest BCUT2D eigenvalue weighted by atomic mass is 15.1. The van der Waals surface area contributed by atoms with E-state index in [1.54, 1.807) is 0 Å². The lowest BCUT2D eigenvalue weighted by molar-refractivity contribution is 0.660. The first kappa shape index (κ1) is 40.3. The second-order valence-corrected chi connectivity index (χ2v) is 20.0. The zero-order chi connectivity index (χ0) is 45.8. The Labute approximate surface area is 400 Å². The van der Waals surface area contributed by atoms with Gasteiger partial charge in [-0.1, -0.05) is 234 Å². The Morgan fingerprint density at radius 3 is 1.47 bits per heavy atom. The van der Waals surface area contributed by atoms with Crippen LogP contribution in [0.1, 0.15) is 72.2 Å². The van der Waals surface area contributed by atoms with Crippen molar-refractivity contribution in [3.8, 4) is 55.6 Å². The van der Waals surface area contributed by atoms with E-state index in [2.05, 4.69) is 269 Å². The van der Waals surface area contributed by atoms with Crippen LogP contribution in [0.2, 0.25) is 0 Å². The van der Waals surface area contributed by atoms with Gasteiger partial charge in [0, 0.05) is 27.6 Å². The number of hydrogen-bond acceptors (Lipinski definition) is 1. The fraction of sp³-hybridized carbons (Fsp3) is 0.104. The predicted octanol–water partition coefficient (Wildman–Crippen LogP) is 17.5. The molecule has 0 radical (unpaired) electrons. The van der Waals surface area contributed by atoms with E-state index in [0.29, 0.717) is 0 Å². The summed E-state index contributed by atoms with van der Waals surface area (Å²) in [5.74, 6) is 0. The van der Waals surface area contributed by atoms with Gasteiger partial charge in [0.2, 0.25) is 0 Å². The number of anilines is 3. The Morgan fingerprint density at radius 2 is 0.750 bits per heavy atom. The van der Waals surface area contributed by atoms with Crippen LogP contribution in [0.25, 0.3) is 55.6 Å². The molecule has 0 bridgehead atoms. The molecule has 0 aliphatic heterocycles. The van der Waals surface area contributed by atoms with Crippen molar-refractivity contribution in [1.29, 1.82) is 0 Å². The molecule has 0 unspecified atom stereocenters. The molecule has 0 saturated heterocycles. The van der Waals surface area contributed by atoms with E-state index in [1.807, 2.05) is 0 Å². The topological polar surface area (TPSA) is 3.24 Å². The lowest BCUT2D eigenvalue weighted by atomic mass is 9.68. The van der Waals surface area contributed by atoms with E-state index in [1.165, 1.54) is 100 Å². The van der Waals surface area contributed by atoms with Crippen molar-refractivity contribution in [2.24, 2.45) is 0 Å². The number of fused-ring (bicyclic) bond motifs is 9. The summed E-state index contributed by atoms with van der Waals surface area (Å²) < 4.78 is 0. The summed E-state index contributed by atoms with van der Waals surface area (Å²) in [7, 11) is 0. The molecule has 324 valence electrons. The van der Waals surface area contributed by atoms with Gasteiger partial charge in [-0.3, -0.25) is 0 Å². The second kappa shape index (κ2) is 15.0. The molecular formula is C67H51N. The van der Waals surface area contributed by atoms with Crippen LogP contribution < -0.4 is 4.90 Å². The molecule has 3 aliphatic carbocycles. The van der Waals surface area contributed by atoms with Gasteiger partial charge >= 0.3 is 0 Å². The van der Waals surface area contributed by atoms with E-state index < -0.39 is 5.41 Å². The van der Waals surface area contributed by atoms with Crippen LogP contribution in [0.3, 0.4) is 0 Å². The quantitative estimate of drug-likeness (QED) is 0.154. The smallest absolute Gasteiger partial charge is 0.0714 e. The van der Waals surface area contributed by atoms with Crippen molar-refractivity contribution in [2.75, 3.05) is 4.90 Å². The fourth-order valence-corrected chi connectivity index (χ4v) is 12.7. The molecule has 10 aromatic carbocycles. The van der Waals surface area contributed by atoms with Gasteiger partial charge in [0.05, 0.1) is 16.8 Å². The first-order valence-corrected chi connectivity index (χ1v) is 24.1. The monoisotopic (exact) mass is 869 g/mol. The fourth-order valence-electron chi connectivity index (χ4n) is 12.7. The van der Waals surface area contributed by atoms with Crippen LogP contribution in [-0.2, 0) is 16.2 Å². The molecule has 68 heavy (non-hydrogen) atoms. The third-order valence-electron chi connectivity index (χ3n) is 15.8. The molecule has 13 rings (SSSR count). The molecule has 0 N–H and O–H groups in total. The molecular weight excluding hydrogens is 819 g/mol. The molecule has 0 heterocycles. The predicted molar refractivity (Wildman–Crippen MR) is 284 cm³/mol. The van der Waals surface area contributed by atoms with E-state index in [0.717, 1.165) is 17.1 Å². The summed E-state index contributed by atoms with van der Waals surface area (Å²) in [4.78, 5) is 2.57. The lowest BCUT2D eigenvalue weighted by Gasteiger charge is -2.34. The Bertz CT molecular complexity index is 3590. The normalized spacial score (nSPS) is 14.8. The molecule has 3 aliphatic rings. The second-order valence-electron chi connectivity index (χ2n) is 20.0.